The summed E-state index contributed by atoms with van der Waals surface area (Å²) in [6.07, 6.45) is -0.350. The highest BCUT2D eigenvalue weighted by molar-refractivity contribution is 7.89. The first-order valence-electron chi connectivity index (χ1n) is 10.9. The van der Waals surface area contributed by atoms with E-state index in [9.17, 15) is 27.6 Å². The van der Waals surface area contributed by atoms with Crippen molar-refractivity contribution in [2.45, 2.75) is 24.3 Å². The van der Waals surface area contributed by atoms with Crippen LogP contribution < -0.4 is 21.5 Å². The topological polar surface area (TPSA) is 156 Å². The number of hydrogen-bond acceptors (Lipinski definition) is 7. The van der Waals surface area contributed by atoms with E-state index in [2.05, 4.69) is 15.2 Å². The third-order valence-electron chi connectivity index (χ3n) is 6.04. The van der Waals surface area contributed by atoms with Crippen LogP contribution in [0.4, 0.5) is 5.69 Å². The van der Waals surface area contributed by atoms with Crippen LogP contribution in [0.15, 0.2) is 44.8 Å². The average molecular weight is 491 g/mol. The van der Waals surface area contributed by atoms with Crippen molar-refractivity contribution in [3.8, 4) is 0 Å². The zero-order chi connectivity index (χ0) is 24.5. The van der Waals surface area contributed by atoms with Crippen molar-refractivity contribution in [3.05, 3.63) is 56.9 Å². The zero-order valence-corrected chi connectivity index (χ0v) is 19.4. The summed E-state index contributed by atoms with van der Waals surface area (Å²) in [5, 5.41) is 2.59. The Balaban J connectivity index is 1.51. The molecule has 2 aromatic rings. The van der Waals surface area contributed by atoms with E-state index < -0.39 is 38.1 Å². The lowest BCUT2D eigenvalue weighted by Crippen LogP contribution is -2.59. The number of rotatable bonds is 5. The molecular weight excluding hydrogens is 464 g/mol. The van der Waals surface area contributed by atoms with Crippen LogP contribution in [0.25, 0.3) is 0 Å². The number of piperazine rings is 2. The molecule has 3 N–H and O–H groups in total. The van der Waals surface area contributed by atoms with Crippen LogP contribution in [0.1, 0.15) is 12.1 Å². The maximum atomic E-state index is 13.3. The van der Waals surface area contributed by atoms with Gasteiger partial charge in [-0.15, -0.1) is 0 Å². The van der Waals surface area contributed by atoms with Crippen molar-refractivity contribution in [3.63, 3.8) is 0 Å². The maximum absolute atomic E-state index is 13.3. The summed E-state index contributed by atoms with van der Waals surface area (Å²) in [6.45, 7) is 3.33. The first-order valence-corrected chi connectivity index (χ1v) is 12.3. The highest BCUT2D eigenvalue weighted by Crippen LogP contribution is 2.22. The van der Waals surface area contributed by atoms with E-state index in [4.69, 9.17) is 0 Å². The summed E-state index contributed by atoms with van der Waals surface area (Å²) in [4.78, 5) is 56.7. The van der Waals surface area contributed by atoms with E-state index in [1.54, 1.807) is 4.90 Å². The van der Waals surface area contributed by atoms with Crippen LogP contribution >= 0.6 is 0 Å². The molecule has 0 bridgehead atoms. The Bertz CT molecular complexity index is 1300. The zero-order valence-electron chi connectivity index (χ0n) is 18.6. The number of nitrogens with zero attached hydrogens (tertiary/aromatic N) is 3. The molecule has 0 radical (unpaired) electrons. The molecule has 0 unspecified atom stereocenters. The molecule has 182 valence electrons. The second-order valence-electron chi connectivity index (χ2n) is 8.19. The SMILES string of the molecule is Cc1[nH]c(=O)[nH]c(=O)c1S(=O)(=O)N1CCNC(=O)[C@@H]1CC(=O)N1CCN(c2ccccc2)CC1. The molecule has 0 aliphatic carbocycles. The van der Waals surface area contributed by atoms with Gasteiger partial charge in [0.2, 0.25) is 11.8 Å². The third-order valence-corrected chi connectivity index (χ3v) is 8.11. The number of nitrogens with one attached hydrogen (secondary N) is 3. The first kappa shape index (κ1) is 23.7. The van der Waals surface area contributed by atoms with E-state index in [0.29, 0.717) is 26.2 Å². The van der Waals surface area contributed by atoms with Crippen molar-refractivity contribution in [2.75, 3.05) is 44.2 Å². The molecule has 2 aliphatic rings. The third kappa shape index (κ3) is 4.61. The number of H-pyrrole nitrogens is 2. The van der Waals surface area contributed by atoms with Crippen molar-refractivity contribution in [2.24, 2.45) is 0 Å². The van der Waals surface area contributed by atoms with Crippen LogP contribution in [0, 0.1) is 6.92 Å². The van der Waals surface area contributed by atoms with Gasteiger partial charge < -0.3 is 20.1 Å². The second-order valence-corrected chi connectivity index (χ2v) is 10.0. The monoisotopic (exact) mass is 490 g/mol. The van der Waals surface area contributed by atoms with E-state index >= 15 is 0 Å². The number of para-hydroxylation sites is 1. The molecule has 0 spiro atoms. The van der Waals surface area contributed by atoms with Crippen molar-refractivity contribution in [1.82, 2.24) is 24.5 Å². The number of anilines is 1. The quantitative estimate of drug-likeness (QED) is 0.465. The van der Waals surface area contributed by atoms with Gasteiger partial charge in [-0.1, -0.05) is 18.2 Å². The Morgan fingerprint density at radius 3 is 2.32 bits per heavy atom. The molecule has 13 heteroatoms. The molecule has 1 aromatic heterocycles. The second kappa shape index (κ2) is 9.43. The standard InChI is InChI=1S/C21H26N6O6S/c1-14-18(20(30)24-21(31)23-14)34(32,33)27-8-7-22-19(29)16(27)13-17(28)26-11-9-25(10-12-26)15-5-3-2-4-6-15/h2-6,16H,7-13H2,1H3,(H,22,29)(H2,23,24,30,31)/t16-/m0/s1. The molecule has 12 nitrogen and oxygen atoms in total. The summed E-state index contributed by atoms with van der Waals surface area (Å²) in [6, 6.07) is 8.50. The normalized spacial score (nSPS) is 19.7. The van der Waals surface area contributed by atoms with E-state index in [-0.39, 0.29) is 31.1 Å². The van der Waals surface area contributed by atoms with Crippen LogP contribution in [-0.2, 0) is 19.6 Å². The molecule has 2 aliphatic heterocycles. The van der Waals surface area contributed by atoms with Crippen molar-refractivity contribution in [1.29, 1.82) is 0 Å². The summed E-state index contributed by atoms with van der Waals surface area (Å²) in [7, 11) is -4.46. The molecule has 0 saturated carbocycles. The number of aromatic amines is 2. The number of carbonyl (C=O) groups is 2. The van der Waals surface area contributed by atoms with E-state index in [1.165, 1.54) is 6.92 Å². The number of hydrogen-bond donors (Lipinski definition) is 3. The molecule has 4 rings (SSSR count). The van der Waals surface area contributed by atoms with Gasteiger partial charge in [-0.25, -0.2) is 13.2 Å². The Morgan fingerprint density at radius 2 is 1.68 bits per heavy atom. The lowest BCUT2D eigenvalue weighted by atomic mass is 10.1. The van der Waals surface area contributed by atoms with Gasteiger partial charge >= 0.3 is 5.69 Å². The van der Waals surface area contributed by atoms with Gasteiger partial charge in [0.05, 0.1) is 6.42 Å². The Kier molecular flexibility index (Phi) is 6.57. The average Bonchev–Trinajstić information content (AvgIpc) is 2.80. The molecule has 1 atom stereocenters. The number of aromatic nitrogens is 2. The van der Waals surface area contributed by atoms with Gasteiger partial charge in [-0.3, -0.25) is 19.4 Å². The molecule has 3 heterocycles. The number of amides is 2. The lowest BCUT2D eigenvalue weighted by molar-refractivity contribution is -0.137. The fraction of sp³-hybridized carbons (Fsp3) is 0.429. The molecule has 34 heavy (non-hydrogen) atoms. The van der Waals surface area contributed by atoms with Crippen LogP contribution in [0.5, 0.6) is 0 Å². The van der Waals surface area contributed by atoms with Gasteiger partial charge in [-0.05, 0) is 19.1 Å². The lowest BCUT2D eigenvalue weighted by Gasteiger charge is -2.38. The smallest absolute Gasteiger partial charge is 0.325 e. The molecule has 2 fully saturated rings. The Hall–Kier alpha value is -3.45. The molecule has 1 aromatic carbocycles. The number of aryl methyl sites for hydroxylation is 1. The van der Waals surface area contributed by atoms with E-state index in [0.717, 1.165) is 9.99 Å². The fourth-order valence-electron chi connectivity index (χ4n) is 4.34. The van der Waals surface area contributed by atoms with Gasteiger partial charge in [0, 0.05) is 50.6 Å². The first-order chi connectivity index (χ1) is 16.2. The van der Waals surface area contributed by atoms with Crippen molar-refractivity contribution < 1.29 is 18.0 Å². The van der Waals surface area contributed by atoms with Crippen LogP contribution in [0.2, 0.25) is 0 Å². The van der Waals surface area contributed by atoms with Gasteiger partial charge in [0.25, 0.3) is 15.6 Å². The molecule has 2 amide bonds. The number of sulfonamides is 1. The summed E-state index contributed by atoms with van der Waals surface area (Å²) < 4.78 is 27.5. The van der Waals surface area contributed by atoms with Crippen LogP contribution in [-0.4, -0.2) is 84.7 Å². The predicted molar refractivity (Wildman–Crippen MR) is 123 cm³/mol. The number of benzene rings is 1. The summed E-state index contributed by atoms with van der Waals surface area (Å²) in [5.41, 5.74) is -0.990. The Morgan fingerprint density at radius 1 is 1.00 bits per heavy atom. The summed E-state index contributed by atoms with van der Waals surface area (Å²) in [5.74, 6) is -0.952. The minimum Gasteiger partial charge on any atom is -0.368 e. The van der Waals surface area contributed by atoms with Gasteiger partial charge in [0.15, 0.2) is 4.90 Å². The van der Waals surface area contributed by atoms with E-state index in [1.807, 2.05) is 35.3 Å². The number of carbonyl (C=O) groups excluding carboxylic acids is 2. The minimum absolute atomic E-state index is 0.0405. The fourth-order valence-corrected chi connectivity index (χ4v) is 6.13. The van der Waals surface area contributed by atoms with Crippen molar-refractivity contribution >= 4 is 27.5 Å². The molecular formula is C21H26N6O6S. The highest BCUT2D eigenvalue weighted by atomic mass is 32.2. The Labute approximate surface area is 195 Å². The summed E-state index contributed by atoms with van der Waals surface area (Å²) >= 11 is 0. The molecule has 2 saturated heterocycles. The minimum atomic E-state index is -4.46. The van der Waals surface area contributed by atoms with Gasteiger partial charge in [0.1, 0.15) is 6.04 Å². The largest absolute Gasteiger partial charge is 0.368 e. The highest BCUT2D eigenvalue weighted by Gasteiger charge is 2.42. The van der Waals surface area contributed by atoms with Crippen LogP contribution in [0.3, 0.4) is 0 Å². The van der Waals surface area contributed by atoms with Gasteiger partial charge in [-0.2, -0.15) is 4.31 Å². The maximum Gasteiger partial charge on any atom is 0.325 e. The predicted octanol–water partition coefficient (Wildman–Crippen LogP) is -1.40.